The first kappa shape index (κ1) is 9.43. The van der Waals surface area contributed by atoms with Crippen molar-refractivity contribution in [3.8, 4) is 5.75 Å². The lowest BCUT2D eigenvalue weighted by Gasteiger charge is -2.09. The van der Waals surface area contributed by atoms with Gasteiger partial charge in [-0.15, -0.1) is 0 Å². The van der Waals surface area contributed by atoms with Crippen molar-refractivity contribution in [3.63, 3.8) is 0 Å². The molecule has 2 heterocycles. The molecule has 0 aliphatic carbocycles. The van der Waals surface area contributed by atoms with E-state index in [4.69, 9.17) is 9.84 Å². The Hall–Kier alpha value is -1.13. The van der Waals surface area contributed by atoms with E-state index in [0.717, 1.165) is 31.9 Å². The SMILES string of the molecule is Oc1ccc(CNC2CCOC2)nc1. The minimum atomic E-state index is 0.206. The summed E-state index contributed by atoms with van der Waals surface area (Å²) in [6, 6.07) is 3.92. The van der Waals surface area contributed by atoms with Gasteiger partial charge in [-0.1, -0.05) is 0 Å². The van der Waals surface area contributed by atoms with Crippen LogP contribution in [0.25, 0.3) is 0 Å². The molecule has 2 rings (SSSR count). The quantitative estimate of drug-likeness (QED) is 0.742. The van der Waals surface area contributed by atoms with E-state index in [1.54, 1.807) is 6.07 Å². The number of rotatable bonds is 3. The molecule has 0 spiro atoms. The first-order valence-corrected chi connectivity index (χ1v) is 4.79. The van der Waals surface area contributed by atoms with Crippen LogP contribution in [0, 0.1) is 0 Å². The Morgan fingerprint density at radius 1 is 1.57 bits per heavy atom. The summed E-state index contributed by atoms with van der Waals surface area (Å²) in [4.78, 5) is 4.09. The molecule has 1 unspecified atom stereocenters. The van der Waals surface area contributed by atoms with Crippen LogP contribution in [0.3, 0.4) is 0 Å². The molecule has 0 saturated carbocycles. The van der Waals surface area contributed by atoms with Gasteiger partial charge < -0.3 is 15.2 Å². The van der Waals surface area contributed by atoms with E-state index in [9.17, 15) is 0 Å². The van der Waals surface area contributed by atoms with Crippen LogP contribution in [0.15, 0.2) is 18.3 Å². The number of aromatic nitrogens is 1. The predicted molar refractivity (Wildman–Crippen MR) is 52.0 cm³/mol. The fourth-order valence-corrected chi connectivity index (χ4v) is 1.47. The summed E-state index contributed by atoms with van der Waals surface area (Å²) in [5.74, 6) is 0.206. The molecule has 1 saturated heterocycles. The first-order chi connectivity index (χ1) is 6.84. The number of hydrogen-bond donors (Lipinski definition) is 2. The highest BCUT2D eigenvalue weighted by molar-refractivity contribution is 5.17. The number of hydrogen-bond acceptors (Lipinski definition) is 4. The highest BCUT2D eigenvalue weighted by Crippen LogP contribution is 2.07. The lowest BCUT2D eigenvalue weighted by atomic mass is 10.2. The minimum Gasteiger partial charge on any atom is -0.506 e. The van der Waals surface area contributed by atoms with Crippen LogP contribution in [0.1, 0.15) is 12.1 Å². The van der Waals surface area contributed by atoms with Crippen LogP contribution in [0.5, 0.6) is 5.75 Å². The second-order valence-corrected chi connectivity index (χ2v) is 3.45. The smallest absolute Gasteiger partial charge is 0.133 e. The Labute approximate surface area is 82.9 Å². The molecular weight excluding hydrogens is 180 g/mol. The molecule has 76 valence electrons. The van der Waals surface area contributed by atoms with Gasteiger partial charge in [0.05, 0.1) is 18.5 Å². The summed E-state index contributed by atoms with van der Waals surface area (Å²) < 4.78 is 5.24. The maximum Gasteiger partial charge on any atom is 0.133 e. The first-order valence-electron chi connectivity index (χ1n) is 4.79. The molecule has 0 bridgehead atoms. The average Bonchev–Trinajstić information content (AvgIpc) is 2.70. The Morgan fingerprint density at radius 2 is 2.50 bits per heavy atom. The van der Waals surface area contributed by atoms with Gasteiger partial charge in [0.25, 0.3) is 0 Å². The average molecular weight is 194 g/mol. The fraction of sp³-hybridized carbons (Fsp3) is 0.500. The third-order valence-electron chi connectivity index (χ3n) is 2.31. The van der Waals surface area contributed by atoms with Crippen molar-refractivity contribution in [1.29, 1.82) is 0 Å². The standard InChI is InChI=1S/C10H14N2O2/c13-10-2-1-8(12-6-10)5-11-9-3-4-14-7-9/h1-2,6,9,11,13H,3-5,7H2. The lowest BCUT2D eigenvalue weighted by molar-refractivity contribution is 0.189. The van der Waals surface area contributed by atoms with Crippen molar-refractivity contribution in [2.24, 2.45) is 0 Å². The molecule has 1 aliphatic rings. The van der Waals surface area contributed by atoms with Gasteiger partial charge in [-0.25, -0.2) is 0 Å². The van der Waals surface area contributed by atoms with Gasteiger partial charge in [0.15, 0.2) is 0 Å². The van der Waals surface area contributed by atoms with E-state index in [-0.39, 0.29) is 5.75 Å². The number of aromatic hydroxyl groups is 1. The predicted octanol–water partition coefficient (Wildman–Crippen LogP) is 0.666. The Balaban J connectivity index is 1.82. The van der Waals surface area contributed by atoms with Crippen LogP contribution >= 0.6 is 0 Å². The molecule has 2 N–H and O–H groups in total. The van der Waals surface area contributed by atoms with Crippen molar-refractivity contribution in [2.45, 2.75) is 19.0 Å². The van der Waals surface area contributed by atoms with Gasteiger partial charge in [-0.3, -0.25) is 4.98 Å². The van der Waals surface area contributed by atoms with Crippen molar-refractivity contribution >= 4 is 0 Å². The monoisotopic (exact) mass is 194 g/mol. The number of ether oxygens (including phenoxy) is 1. The Kier molecular flexibility index (Phi) is 2.96. The molecule has 1 atom stereocenters. The molecule has 1 aliphatic heterocycles. The van der Waals surface area contributed by atoms with E-state index in [2.05, 4.69) is 10.3 Å². The summed E-state index contributed by atoms with van der Waals surface area (Å²) in [5.41, 5.74) is 0.940. The van der Waals surface area contributed by atoms with Crippen molar-refractivity contribution < 1.29 is 9.84 Å². The largest absolute Gasteiger partial charge is 0.506 e. The van der Waals surface area contributed by atoms with E-state index in [0.29, 0.717) is 6.04 Å². The van der Waals surface area contributed by atoms with Crippen LogP contribution < -0.4 is 5.32 Å². The molecule has 1 aromatic heterocycles. The van der Waals surface area contributed by atoms with Gasteiger partial charge in [0.2, 0.25) is 0 Å². The molecule has 0 radical (unpaired) electrons. The molecule has 1 fully saturated rings. The molecule has 1 aromatic rings. The maximum atomic E-state index is 9.03. The van der Waals surface area contributed by atoms with Crippen LogP contribution in [-0.2, 0) is 11.3 Å². The fourth-order valence-electron chi connectivity index (χ4n) is 1.47. The summed E-state index contributed by atoms with van der Waals surface area (Å²) in [5, 5.41) is 12.4. The molecule has 0 aromatic carbocycles. The summed E-state index contributed by atoms with van der Waals surface area (Å²) in [6.45, 7) is 2.37. The van der Waals surface area contributed by atoms with Crippen molar-refractivity contribution in [3.05, 3.63) is 24.0 Å². The zero-order valence-electron chi connectivity index (χ0n) is 7.94. The van der Waals surface area contributed by atoms with Crippen LogP contribution in [-0.4, -0.2) is 29.3 Å². The molecule has 4 nitrogen and oxygen atoms in total. The highest BCUT2D eigenvalue weighted by atomic mass is 16.5. The maximum absolute atomic E-state index is 9.03. The molecular formula is C10H14N2O2. The number of pyridine rings is 1. The van der Waals surface area contributed by atoms with E-state index in [1.807, 2.05) is 6.07 Å². The third kappa shape index (κ3) is 2.43. The van der Waals surface area contributed by atoms with Crippen molar-refractivity contribution in [2.75, 3.05) is 13.2 Å². The van der Waals surface area contributed by atoms with Gasteiger partial charge >= 0.3 is 0 Å². The number of nitrogens with zero attached hydrogens (tertiary/aromatic N) is 1. The minimum absolute atomic E-state index is 0.206. The van der Waals surface area contributed by atoms with Gasteiger partial charge in [0, 0.05) is 19.2 Å². The zero-order chi connectivity index (χ0) is 9.80. The van der Waals surface area contributed by atoms with E-state index >= 15 is 0 Å². The van der Waals surface area contributed by atoms with Crippen molar-refractivity contribution in [1.82, 2.24) is 10.3 Å². The molecule has 0 amide bonds. The number of nitrogens with one attached hydrogen (secondary N) is 1. The normalized spacial score (nSPS) is 21.3. The summed E-state index contributed by atoms with van der Waals surface area (Å²) >= 11 is 0. The van der Waals surface area contributed by atoms with E-state index in [1.165, 1.54) is 6.20 Å². The third-order valence-corrected chi connectivity index (χ3v) is 2.31. The van der Waals surface area contributed by atoms with Gasteiger partial charge in [-0.2, -0.15) is 0 Å². The topological polar surface area (TPSA) is 54.4 Å². The highest BCUT2D eigenvalue weighted by Gasteiger charge is 2.14. The lowest BCUT2D eigenvalue weighted by Crippen LogP contribution is -2.28. The second-order valence-electron chi connectivity index (χ2n) is 3.45. The molecule has 14 heavy (non-hydrogen) atoms. The van der Waals surface area contributed by atoms with Gasteiger partial charge in [0.1, 0.15) is 5.75 Å². The second kappa shape index (κ2) is 4.39. The Morgan fingerprint density at radius 3 is 3.14 bits per heavy atom. The van der Waals surface area contributed by atoms with Gasteiger partial charge in [-0.05, 0) is 18.6 Å². The molecule has 4 heteroatoms. The Bertz CT molecular complexity index is 281. The van der Waals surface area contributed by atoms with E-state index < -0.39 is 0 Å². The van der Waals surface area contributed by atoms with Crippen LogP contribution in [0.2, 0.25) is 0 Å². The van der Waals surface area contributed by atoms with Crippen LogP contribution in [0.4, 0.5) is 0 Å². The zero-order valence-corrected chi connectivity index (χ0v) is 7.94. The summed E-state index contributed by atoms with van der Waals surface area (Å²) in [7, 11) is 0. The summed E-state index contributed by atoms with van der Waals surface area (Å²) in [6.07, 6.45) is 2.53.